The van der Waals surface area contributed by atoms with Crippen molar-refractivity contribution in [3.05, 3.63) is 23.8 Å². The molecule has 34 heavy (non-hydrogen) atoms. The maximum atomic E-state index is 12.5. The number of nitrogen functional groups attached to an aromatic ring is 2. The van der Waals surface area contributed by atoms with Crippen molar-refractivity contribution in [3.63, 3.8) is 0 Å². The second-order valence-electron chi connectivity index (χ2n) is 6.55. The molecule has 1 amide bonds. The molecule has 0 saturated heterocycles. The van der Waals surface area contributed by atoms with E-state index in [1.807, 2.05) is 6.92 Å². The maximum absolute atomic E-state index is 12.5. The van der Waals surface area contributed by atoms with Gasteiger partial charge in [0.2, 0.25) is 5.82 Å². The van der Waals surface area contributed by atoms with E-state index in [0.29, 0.717) is 23.7 Å². The molecule has 0 unspecified atom stereocenters. The highest BCUT2D eigenvalue weighted by Gasteiger charge is 2.24. The van der Waals surface area contributed by atoms with Crippen molar-refractivity contribution in [1.82, 2.24) is 40.8 Å². The van der Waals surface area contributed by atoms with Gasteiger partial charge in [-0.2, -0.15) is 5.10 Å². The van der Waals surface area contributed by atoms with Gasteiger partial charge in [-0.1, -0.05) is 0 Å². The van der Waals surface area contributed by atoms with Gasteiger partial charge in [-0.25, -0.2) is 24.3 Å². The number of hydrogen-bond acceptors (Lipinski definition) is 14. The molecule has 0 radical (unpaired) electrons. The van der Waals surface area contributed by atoms with E-state index in [2.05, 4.69) is 50.5 Å². The van der Waals surface area contributed by atoms with Crippen molar-refractivity contribution in [2.24, 2.45) is 5.10 Å². The summed E-state index contributed by atoms with van der Waals surface area (Å²) in [6, 6.07) is 5.23. The van der Waals surface area contributed by atoms with Crippen LogP contribution in [0.5, 0.6) is 11.5 Å². The number of methoxy groups -OCH3 is 1. The summed E-state index contributed by atoms with van der Waals surface area (Å²) in [5.41, 5.74) is 14.7. The van der Waals surface area contributed by atoms with Crippen molar-refractivity contribution in [2.45, 2.75) is 13.5 Å². The zero-order valence-electron chi connectivity index (χ0n) is 18.0. The molecule has 0 fully saturated rings. The molecule has 0 atom stereocenters. The number of anilines is 2. The molecule has 0 aliphatic rings. The molecular formula is C18H19N11O5. The Morgan fingerprint density at radius 2 is 1.88 bits per heavy atom. The Bertz CT molecular complexity index is 1330. The van der Waals surface area contributed by atoms with Crippen LogP contribution in [0.2, 0.25) is 0 Å². The van der Waals surface area contributed by atoms with Gasteiger partial charge in [0.25, 0.3) is 5.91 Å². The first kappa shape index (κ1) is 22.2. The predicted octanol–water partition coefficient (Wildman–Crippen LogP) is 0.100. The van der Waals surface area contributed by atoms with Crippen LogP contribution >= 0.6 is 0 Å². The van der Waals surface area contributed by atoms with Gasteiger partial charge in [-0.3, -0.25) is 4.79 Å². The number of nitrogens with zero attached hydrogens (tertiary/aromatic N) is 8. The van der Waals surface area contributed by atoms with Gasteiger partial charge in [-0.15, -0.1) is 5.10 Å². The van der Waals surface area contributed by atoms with Crippen LogP contribution in [-0.4, -0.2) is 61.2 Å². The monoisotopic (exact) mass is 469 g/mol. The van der Waals surface area contributed by atoms with Crippen molar-refractivity contribution >= 4 is 23.8 Å². The fraction of sp³-hybridized carbons (Fsp3) is 0.222. The number of ether oxygens (including phenoxy) is 2. The molecule has 0 aliphatic heterocycles. The number of aromatic nitrogens is 7. The minimum Gasteiger partial charge on any atom is -0.493 e. The van der Waals surface area contributed by atoms with Crippen molar-refractivity contribution < 1.29 is 23.5 Å². The third-order valence-corrected chi connectivity index (χ3v) is 4.31. The quantitative estimate of drug-likeness (QED) is 0.219. The number of carbonyl (C=O) groups is 1. The molecule has 0 spiro atoms. The Labute approximate surface area is 190 Å². The lowest BCUT2D eigenvalue weighted by atomic mass is 10.2. The minimum atomic E-state index is -0.520. The average molecular weight is 469 g/mol. The summed E-state index contributed by atoms with van der Waals surface area (Å²) < 4.78 is 21.2. The highest BCUT2D eigenvalue weighted by molar-refractivity contribution is 5.83. The molecule has 4 rings (SSSR count). The molecule has 4 aromatic rings. The van der Waals surface area contributed by atoms with Crippen LogP contribution in [0.15, 0.2) is 32.6 Å². The van der Waals surface area contributed by atoms with Crippen LogP contribution in [0.3, 0.4) is 0 Å². The van der Waals surface area contributed by atoms with Gasteiger partial charge in [0.05, 0.1) is 19.9 Å². The van der Waals surface area contributed by atoms with Crippen LogP contribution in [0.25, 0.3) is 23.0 Å². The molecule has 0 aliphatic carbocycles. The molecule has 176 valence electrons. The van der Waals surface area contributed by atoms with E-state index in [1.165, 1.54) is 18.0 Å². The average Bonchev–Trinajstić information content (AvgIpc) is 3.54. The summed E-state index contributed by atoms with van der Waals surface area (Å²) in [7, 11) is 1.53. The van der Waals surface area contributed by atoms with E-state index in [1.54, 1.807) is 18.2 Å². The fourth-order valence-corrected chi connectivity index (χ4v) is 2.82. The van der Waals surface area contributed by atoms with E-state index in [0.717, 1.165) is 0 Å². The third kappa shape index (κ3) is 4.59. The number of nitrogens with one attached hydrogen (secondary N) is 1. The Balaban J connectivity index is 1.51. The Morgan fingerprint density at radius 3 is 2.53 bits per heavy atom. The van der Waals surface area contributed by atoms with E-state index < -0.39 is 5.91 Å². The van der Waals surface area contributed by atoms with Crippen LogP contribution in [0.1, 0.15) is 12.5 Å². The topological polar surface area (TPSA) is 221 Å². The summed E-state index contributed by atoms with van der Waals surface area (Å²) >= 11 is 0. The highest BCUT2D eigenvalue weighted by Crippen LogP contribution is 2.27. The zero-order chi connectivity index (χ0) is 24.1. The Hall–Kier alpha value is -5.02. The number of amides is 1. The van der Waals surface area contributed by atoms with E-state index in [4.69, 9.17) is 20.9 Å². The van der Waals surface area contributed by atoms with Gasteiger partial charge >= 0.3 is 0 Å². The number of nitrogens with two attached hydrogens (primary N) is 2. The Morgan fingerprint density at radius 1 is 1.15 bits per heavy atom. The van der Waals surface area contributed by atoms with Gasteiger partial charge < -0.3 is 20.9 Å². The first-order valence-electron chi connectivity index (χ1n) is 9.74. The smallest absolute Gasteiger partial charge is 0.261 e. The minimum absolute atomic E-state index is 0.0326. The van der Waals surface area contributed by atoms with Crippen LogP contribution in [0.4, 0.5) is 11.6 Å². The summed E-state index contributed by atoms with van der Waals surface area (Å²) in [6.07, 6.45) is 1.45. The fourth-order valence-electron chi connectivity index (χ4n) is 2.82. The van der Waals surface area contributed by atoms with Crippen molar-refractivity contribution in [2.75, 3.05) is 25.2 Å². The van der Waals surface area contributed by atoms with E-state index >= 15 is 0 Å². The van der Waals surface area contributed by atoms with Gasteiger partial charge in [0.1, 0.15) is 6.54 Å². The normalized spacial score (nSPS) is 11.1. The molecule has 3 heterocycles. The SMILES string of the molecule is CCOc1ccc(/C=N/NC(=O)Cn2nc(-c3nonc3N)nc2-c2nonc2N)cc1OC. The first-order valence-corrected chi connectivity index (χ1v) is 9.74. The lowest BCUT2D eigenvalue weighted by Crippen LogP contribution is -2.24. The molecule has 0 bridgehead atoms. The van der Waals surface area contributed by atoms with Gasteiger partial charge in [-0.05, 0) is 51.3 Å². The molecule has 16 nitrogen and oxygen atoms in total. The van der Waals surface area contributed by atoms with Gasteiger partial charge in [0, 0.05) is 0 Å². The molecule has 5 N–H and O–H groups in total. The largest absolute Gasteiger partial charge is 0.493 e. The predicted molar refractivity (Wildman–Crippen MR) is 115 cm³/mol. The number of hydrazone groups is 1. The lowest BCUT2D eigenvalue weighted by Gasteiger charge is -2.09. The summed E-state index contributed by atoms with van der Waals surface area (Å²) in [6.45, 7) is 2.07. The lowest BCUT2D eigenvalue weighted by molar-refractivity contribution is -0.121. The van der Waals surface area contributed by atoms with E-state index in [9.17, 15) is 4.79 Å². The molecular weight excluding hydrogens is 450 g/mol. The standard InChI is InChI=1S/C18H19N11O5/c1-3-32-10-5-4-9(6-11(10)31-2)7-21-23-12(30)8-29-18(14-16(20)28-34-26-14)22-17(24-29)13-15(19)27-33-25-13/h4-7H,3,8H2,1-2H3,(H2,19,27)(H2,20,28)(H,23,30)/b21-7+. The first-order chi connectivity index (χ1) is 16.5. The number of carbonyl (C=O) groups excluding carboxylic acids is 1. The zero-order valence-corrected chi connectivity index (χ0v) is 18.0. The maximum Gasteiger partial charge on any atom is 0.261 e. The van der Waals surface area contributed by atoms with Crippen LogP contribution in [0, 0.1) is 0 Å². The van der Waals surface area contributed by atoms with Crippen molar-refractivity contribution in [3.8, 4) is 34.5 Å². The highest BCUT2D eigenvalue weighted by atomic mass is 16.6. The van der Waals surface area contributed by atoms with Crippen LogP contribution < -0.4 is 26.4 Å². The molecule has 1 aromatic carbocycles. The number of benzene rings is 1. The Kier molecular flexibility index (Phi) is 6.29. The summed E-state index contributed by atoms with van der Waals surface area (Å²) in [5.74, 6) is 0.667. The second kappa shape index (κ2) is 9.63. The number of rotatable bonds is 9. The third-order valence-electron chi connectivity index (χ3n) is 4.31. The summed E-state index contributed by atoms with van der Waals surface area (Å²) in [4.78, 5) is 16.8. The van der Waals surface area contributed by atoms with Crippen molar-refractivity contribution in [1.29, 1.82) is 0 Å². The molecule has 0 saturated carbocycles. The van der Waals surface area contributed by atoms with Crippen LogP contribution in [-0.2, 0) is 11.3 Å². The molecule has 16 heteroatoms. The van der Waals surface area contributed by atoms with E-state index in [-0.39, 0.29) is 41.2 Å². The number of hydrogen-bond donors (Lipinski definition) is 3. The summed E-state index contributed by atoms with van der Waals surface area (Å²) in [5, 5.41) is 22.5. The molecule has 3 aromatic heterocycles. The van der Waals surface area contributed by atoms with Gasteiger partial charge in [0.15, 0.2) is 40.3 Å². The second-order valence-corrected chi connectivity index (χ2v) is 6.55.